The zero-order valence-electron chi connectivity index (χ0n) is 15.2. The van der Waals surface area contributed by atoms with Crippen LogP contribution in [0.25, 0.3) is 0 Å². The van der Waals surface area contributed by atoms with Gasteiger partial charge < -0.3 is 5.32 Å². The predicted molar refractivity (Wildman–Crippen MR) is 95.0 cm³/mol. The van der Waals surface area contributed by atoms with Crippen molar-refractivity contribution in [1.82, 2.24) is 10.2 Å². The van der Waals surface area contributed by atoms with Crippen molar-refractivity contribution in [3.63, 3.8) is 0 Å². The smallest absolute Gasteiger partial charge is 0.0221 e. The molecular weight excluding hydrogens is 256 g/mol. The lowest BCUT2D eigenvalue weighted by molar-refractivity contribution is 0.228. The molecule has 2 heteroatoms. The van der Waals surface area contributed by atoms with Crippen LogP contribution >= 0.6 is 0 Å². The molecule has 1 aliphatic heterocycles. The summed E-state index contributed by atoms with van der Waals surface area (Å²) in [4.78, 5) is 2.73. The van der Waals surface area contributed by atoms with Crippen LogP contribution < -0.4 is 5.32 Å². The molecule has 0 aromatic heterocycles. The molecule has 2 nitrogen and oxygen atoms in total. The molecule has 1 fully saturated rings. The van der Waals surface area contributed by atoms with Crippen LogP contribution in [-0.4, -0.2) is 36.1 Å². The van der Waals surface area contributed by atoms with E-state index in [0.29, 0.717) is 0 Å². The Hall–Kier alpha value is -0.0800. The summed E-state index contributed by atoms with van der Waals surface area (Å²) in [6.07, 6.45) is 14.2. The lowest BCUT2D eigenvalue weighted by Crippen LogP contribution is -2.45. The first-order valence-corrected chi connectivity index (χ1v) is 9.52. The molecule has 126 valence electrons. The van der Waals surface area contributed by atoms with E-state index in [1.165, 1.54) is 83.8 Å². The van der Waals surface area contributed by atoms with Gasteiger partial charge in [-0.3, -0.25) is 4.90 Å². The molecule has 1 rings (SSSR count). The molecule has 1 unspecified atom stereocenters. The average Bonchev–Trinajstić information content (AvgIpc) is 2.86. The molecule has 0 amide bonds. The lowest BCUT2D eigenvalue weighted by Gasteiger charge is -2.29. The zero-order valence-corrected chi connectivity index (χ0v) is 15.2. The van der Waals surface area contributed by atoms with Crippen molar-refractivity contribution in [2.75, 3.05) is 19.6 Å². The maximum Gasteiger partial charge on any atom is 0.0221 e. The van der Waals surface area contributed by atoms with E-state index in [-0.39, 0.29) is 5.54 Å². The molecule has 1 aliphatic rings. The lowest BCUT2D eigenvalue weighted by atomic mass is 10.1. The van der Waals surface area contributed by atoms with Gasteiger partial charge in [-0.2, -0.15) is 0 Å². The summed E-state index contributed by atoms with van der Waals surface area (Å²) < 4.78 is 0. The Morgan fingerprint density at radius 1 is 0.952 bits per heavy atom. The van der Waals surface area contributed by atoms with Gasteiger partial charge in [-0.05, 0) is 53.1 Å². The van der Waals surface area contributed by atoms with Crippen LogP contribution in [0.5, 0.6) is 0 Å². The molecule has 0 aliphatic carbocycles. The normalized spacial score (nSPS) is 20.3. The van der Waals surface area contributed by atoms with Gasteiger partial charge in [0.25, 0.3) is 0 Å². The fourth-order valence-corrected chi connectivity index (χ4v) is 3.29. The Balaban J connectivity index is 2.02. The largest absolute Gasteiger partial charge is 0.311 e. The summed E-state index contributed by atoms with van der Waals surface area (Å²) in [6.45, 7) is 12.9. The van der Waals surface area contributed by atoms with Crippen LogP contribution in [0.15, 0.2) is 0 Å². The zero-order chi connectivity index (χ0) is 15.6. The van der Waals surface area contributed by atoms with Gasteiger partial charge >= 0.3 is 0 Å². The summed E-state index contributed by atoms with van der Waals surface area (Å²) >= 11 is 0. The van der Waals surface area contributed by atoms with Crippen molar-refractivity contribution in [1.29, 1.82) is 0 Å². The van der Waals surface area contributed by atoms with Crippen molar-refractivity contribution in [2.45, 2.75) is 103 Å². The highest BCUT2D eigenvalue weighted by atomic mass is 15.2. The van der Waals surface area contributed by atoms with Crippen molar-refractivity contribution in [3.8, 4) is 0 Å². The summed E-state index contributed by atoms with van der Waals surface area (Å²) in [7, 11) is 0. The Morgan fingerprint density at radius 3 is 2.19 bits per heavy atom. The van der Waals surface area contributed by atoms with E-state index in [1.54, 1.807) is 0 Å². The number of rotatable bonds is 11. The molecule has 1 heterocycles. The van der Waals surface area contributed by atoms with Gasteiger partial charge in [0.15, 0.2) is 0 Å². The summed E-state index contributed by atoms with van der Waals surface area (Å²) in [5.41, 5.74) is 0.257. The fraction of sp³-hybridized carbons (Fsp3) is 1.00. The van der Waals surface area contributed by atoms with Crippen molar-refractivity contribution in [2.24, 2.45) is 0 Å². The van der Waals surface area contributed by atoms with Gasteiger partial charge in [-0.1, -0.05) is 51.9 Å². The van der Waals surface area contributed by atoms with E-state index in [2.05, 4.69) is 37.9 Å². The molecule has 1 atom stereocenters. The third-order valence-corrected chi connectivity index (χ3v) is 4.67. The van der Waals surface area contributed by atoms with E-state index in [4.69, 9.17) is 0 Å². The first kappa shape index (κ1) is 19.0. The minimum Gasteiger partial charge on any atom is -0.311 e. The molecule has 1 saturated heterocycles. The summed E-state index contributed by atoms with van der Waals surface area (Å²) in [5, 5.41) is 3.68. The monoisotopic (exact) mass is 296 g/mol. The molecule has 0 bridgehead atoms. The molecule has 0 saturated carbocycles. The number of hydrogen-bond acceptors (Lipinski definition) is 2. The van der Waals surface area contributed by atoms with Gasteiger partial charge in [0.1, 0.15) is 0 Å². The predicted octanol–water partition coefficient (Wildman–Crippen LogP) is 4.98. The highest BCUT2D eigenvalue weighted by molar-refractivity contribution is 4.83. The first-order valence-electron chi connectivity index (χ1n) is 9.52. The van der Waals surface area contributed by atoms with E-state index in [0.717, 1.165) is 6.04 Å². The van der Waals surface area contributed by atoms with Gasteiger partial charge in [0.2, 0.25) is 0 Å². The minimum atomic E-state index is 0.257. The van der Waals surface area contributed by atoms with E-state index in [9.17, 15) is 0 Å². The van der Waals surface area contributed by atoms with E-state index in [1.807, 2.05) is 0 Å². The second-order valence-electron chi connectivity index (χ2n) is 7.94. The van der Waals surface area contributed by atoms with E-state index < -0.39 is 0 Å². The number of unbranched alkanes of at least 4 members (excludes halogenated alkanes) is 7. The van der Waals surface area contributed by atoms with Crippen LogP contribution in [-0.2, 0) is 0 Å². The minimum absolute atomic E-state index is 0.257. The van der Waals surface area contributed by atoms with Gasteiger partial charge in [0.05, 0.1) is 0 Å². The molecular formula is C19H40N2. The van der Waals surface area contributed by atoms with Crippen LogP contribution in [0.2, 0.25) is 0 Å². The van der Waals surface area contributed by atoms with Crippen molar-refractivity contribution in [3.05, 3.63) is 0 Å². The first-order chi connectivity index (χ1) is 10.0. The molecule has 0 aromatic carbocycles. The Kier molecular flexibility index (Phi) is 9.59. The Bertz CT molecular complexity index is 244. The third-order valence-electron chi connectivity index (χ3n) is 4.67. The molecule has 1 N–H and O–H groups in total. The van der Waals surface area contributed by atoms with Gasteiger partial charge in [-0.25, -0.2) is 0 Å². The molecule has 0 spiro atoms. The van der Waals surface area contributed by atoms with Crippen LogP contribution in [0, 0.1) is 0 Å². The molecule has 0 aromatic rings. The topological polar surface area (TPSA) is 15.3 Å². The summed E-state index contributed by atoms with van der Waals surface area (Å²) in [6, 6.07) is 0.786. The fourth-order valence-electron chi connectivity index (χ4n) is 3.29. The van der Waals surface area contributed by atoms with Crippen molar-refractivity contribution < 1.29 is 0 Å². The number of nitrogens with zero attached hydrogens (tertiary/aromatic N) is 1. The Morgan fingerprint density at radius 2 is 1.57 bits per heavy atom. The maximum absolute atomic E-state index is 3.68. The van der Waals surface area contributed by atoms with Crippen LogP contribution in [0.3, 0.4) is 0 Å². The van der Waals surface area contributed by atoms with Crippen LogP contribution in [0.1, 0.15) is 91.9 Å². The standard InChI is InChI=1S/C19H40N2/c1-5-6-7-8-9-10-11-12-15-21-16-13-14-18(21)17-20-19(2,3)4/h18,20H,5-17H2,1-4H3. The maximum atomic E-state index is 3.68. The number of hydrogen-bond donors (Lipinski definition) is 1. The van der Waals surface area contributed by atoms with Gasteiger partial charge in [-0.15, -0.1) is 0 Å². The highest BCUT2D eigenvalue weighted by Crippen LogP contribution is 2.18. The summed E-state index contributed by atoms with van der Waals surface area (Å²) in [5.74, 6) is 0. The Labute approximate surface area is 134 Å². The molecule has 21 heavy (non-hydrogen) atoms. The van der Waals surface area contributed by atoms with Crippen LogP contribution in [0.4, 0.5) is 0 Å². The van der Waals surface area contributed by atoms with E-state index >= 15 is 0 Å². The molecule has 0 radical (unpaired) electrons. The SMILES string of the molecule is CCCCCCCCCCN1CCCC1CNC(C)(C)C. The van der Waals surface area contributed by atoms with Gasteiger partial charge in [0, 0.05) is 18.1 Å². The number of nitrogens with one attached hydrogen (secondary N) is 1. The second-order valence-corrected chi connectivity index (χ2v) is 7.94. The third kappa shape index (κ3) is 9.52. The quantitative estimate of drug-likeness (QED) is 0.541. The van der Waals surface area contributed by atoms with Crippen molar-refractivity contribution >= 4 is 0 Å². The second kappa shape index (κ2) is 10.6. The average molecular weight is 297 g/mol. The number of likely N-dealkylation sites (tertiary alicyclic amines) is 1. The highest BCUT2D eigenvalue weighted by Gasteiger charge is 2.24.